The van der Waals surface area contributed by atoms with Crippen LogP contribution < -0.4 is 16.8 Å². The van der Waals surface area contributed by atoms with Crippen molar-refractivity contribution in [3.05, 3.63) is 18.0 Å². The number of H-pyrrole nitrogens is 1. The normalized spacial score (nSPS) is 14.3. The zero-order valence-electron chi connectivity index (χ0n) is 8.28. The van der Waals surface area contributed by atoms with Crippen LogP contribution in [0.4, 0.5) is 0 Å². The van der Waals surface area contributed by atoms with E-state index in [1.54, 1.807) is 0 Å². The lowest BCUT2D eigenvalue weighted by atomic mass is 9.95. The second-order valence-corrected chi connectivity index (χ2v) is 3.16. The summed E-state index contributed by atoms with van der Waals surface area (Å²) in [5.41, 5.74) is 10.1. The minimum Gasteiger partial charge on any atom is -0.328 e. The minimum absolute atomic E-state index is 0.131. The maximum atomic E-state index is 11.6. The second-order valence-electron chi connectivity index (χ2n) is 3.16. The Balaban J connectivity index is 2.95. The van der Waals surface area contributed by atoms with Crippen molar-refractivity contribution in [1.29, 1.82) is 0 Å². The molecule has 1 aromatic heterocycles. The predicted octanol–water partition coefficient (Wildman–Crippen LogP) is -1.81. The van der Waals surface area contributed by atoms with Gasteiger partial charge in [-0.3, -0.25) is 20.0 Å². The second kappa shape index (κ2) is 4.20. The van der Waals surface area contributed by atoms with Crippen LogP contribution in [-0.4, -0.2) is 28.6 Å². The summed E-state index contributed by atoms with van der Waals surface area (Å²) in [6.07, 6.45) is 1.45. The van der Waals surface area contributed by atoms with E-state index in [0.717, 1.165) is 0 Å². The Morgan fingerprint density at radius 1 is 1.67 bits per heavy atom. The Morgan fingerprint density at radius 3 is 2.73 bits per heavy atom. The molecule has 0 aliphatic rings. The fourth-order valence-electron chi connectivity index (χ4n) is 1.10. The van der Waals surface area contributed by atoms with Crippen LogP contribution in [0.1, 0.15) is 12.6 Å². The Morgan fingerprint density at radius 2 is 2.33 bits per heavy atom. The molecule has 1 heterocycles. The van der Waals surface area contributed by atoms with Crippen molar-refractivity contribution in [3.8, 4) is 0 Å². The number of nitrogens with one attached hydrogen (secondary N) is 2. The number of carbonyl (C=O) groups is 2. The van der Waals surface area contributed by atoms with Crippen LogP contribution in [0.15, 0.2) is 12.3 Å². The number of hydrogen-bond acceptors (Lipinski definition) is 5. The van der Waals surface area contributed by atoms with Crippen molar-refractivity contribution in [2.24, 2.45) is 11.5 Å². The monoisotopic (exact) mass is 211 g/mol. The summed E-state index contributed by atoms with van der Waals surface area (Å²) in [5.74, 6) is -1.13. The van der Waals surface area contributed by atoms with Crippen molar-refractivity contribution >= 4 is 11.8 Å². The van der Waals surface area contributed by atoms with E-state index in [-0.39, 0.29) is 6.54 Å². The van der Waals surface area contributed by atoms with Gasteiger partial charge >= 0.3 is 0 Å². The zero-order chi connectivity index (χ0) is 11.5. The smallest absolute Gasteiger partial charge is 0.254 e. The summed E-state index contributed by atoms with van der Waals surface area (Å²) >= 11 is 0. The van der Waals surface area contributed by atoms with Gasteiger partial charge in [-0.2, -0.15) is 5.10 Å². The zero-order valence-corrected chi connectivity index (χ0v) is 8.28. The van der Waals surface area contributed by atoms with Crippen LogP contribution >= 0.6 is 0 Å². The molecule has 7 heteroatoms. The third-order valence-corrected chi connectivity index (χ3v) is 2.00. The summed E-state index contributed by atoms with van der Waals surface area (Å²) in [7, 11) is 0. The van der Waals surface area contributed by atoms with E-state index in [9.17, 15) is 9.59 Å². The molecule has 0 spiro atoms. The molecule has 1 rings (SSSR count). The molecule has 0 bridgehead atoms. The van der Waals surface area contributed by atoms with Crippen molar-refractivity contribution in [2.75, 3.05) is 6.54 Å². The average Bonchev–Trinajstić information content (AvgIpc) is 2.68. The number of amides is 2. The Kier molecular flexibility index (Phi) is 3.17. The number of rotatable bonds is 3. The van der Waals surface area contributed by atoms with Gasteiger partial charge in [0.25, 0.3) is 5.91 Å². The van der Waals surface area contributed by atoms with E-state index in [1.807, 2.05) is 0 Å². The topological polar surface area (TPSA) is 127 Å². The van der Waals surface area contributed by atoms with Gasteiger partial charge in [-0.15, -0.1) is 0 Å². The molecule has 82 valence electrons. The summed E-state index contributed by atoms with van der Waals surface area (Å²) in [6.45, 7) is 1.09. The number of nitrogens with two attached hydrogens (primary N) is 2. The Labute approximate surface area is 86.2 Å². The van der Waals surface area contributed by atoms with Gasteiger partial charge in [0.15, 0.2) is 5.54 Å². The maximum Gasteiger partial charge on any atom is 0.254 e. The van der Waals surface area contributed by atoms with Gasteiger partial charge < -0.3 is 11.5 Å². The van der Waals surface area contributed by atoms with Gasteiger partial charge in [-0.05, 0) is 6.07 Å². The number of imide groups is 1. The van der Waals surface area contributed by atoms with Crippen LogP contribution in [0.3, 0.4) is 0 Å². The lowest BCUT2D eigenvalue weighted by Gasteiger charge is -2.24. The predicted molar refractivity (Wildman–Crippen MR) is 52.3 cm³/mol. The standard InChI is InChI=1S/C8H13N5O2/c1-5(14)12-7(15)8(10,4-9)6-2-3-11-13-6/h2-3H,4,9-10H2,1H3,(H,11,13)(H,12,14,15). The summed E-state index contributed by atoms with van der Waals surface area (Å²) in [4.78, 5) is 22.4. The molecule has 0 radical (unpaired) electrons. The van der Waals surface area contributed by atoms with E-state index < -0.39 is 17.4 Å². The van der Waals surface area contributed by atoms with Gasteiger partial charge in [0.2, 0.25) is 5.91 Å². The van der Waals surface area contributed by atoms with E-state index in [2.05, 4.69) is 15.5 Å². The highest BCUT2D eigenvalue weighted by atomic mass is 16.2. The lowest BCUT2D eigenvalue weighted by Crippen LogP contribution is -2.57. The van der Waals surface area contributed by atoms with Crippen LogP contribution in [0, 0.1) is 0 Å². The highest BCUT2D eigenvalue weighted by Gasteiger charge is 2.36. The fraction of sp³-hybridized carbons (Fsp3) is 0.375. The van der Waals surface area contributed by atoms with Gasteiger partial charge in [-0.25, -0.2) is 0 Å². The quantitative estimate of drug-likeness (QED) is 0.468. The Bertz CT molecular complexity index is 361. The van der Waals surface area contributed by atoms with Crippen molar-refractivity contribution in [2.45, 2.75) is 12.5 Å². The first-order valence-corrected chi connectivity index (χ1v) is 4.31. The molecule has 0 fully saturated rings. The minimum atomic E-state index is -1.46. The number of aromatic amines is 1. The van der Waals surface area contributed by atoms with Crippen LogP contribution in [-0.2, 0) is 15.1 Å². The fourth-order valence-corrected chi connectivity index (χ4v) is 1.10. The molecular weight excluding hydrogens is 198 g/mol. The molecular formula is C8H13N5O2. The van der Waals surface area contributed by atoms with Crippen molar-refractivity contribution in [3.63, 3.8) is 0 Å². The van der Waals surface area contributed by atoms with E-state index in [0.29, 0.717) is 5.69 Å². The maximum absolute atomic E-state index is 11.6. The molecule has 7 nitrogen and oxygen atoms in total. The molecule has 1 atom stereocenters. The summed E-state index contributed by atoms with van der Waals surface area (Å²) < 4.78 is 0. The van der Waals surface area contributed by atoms with Gasteiger partial charge in [-0.1, -0.05) is 0 Å². The first-order chi connectivity index (χ1) is 7.00. The first kappa shape index (κ1) is 11.3. The van der Waals surface area contributed by atoms with E-state index >= 15 is 0 Å². The highest BCUT2D eigenvalue weighted by Crippen LogP contribution is 2.13. The van der Waals surface area contributed by atoms with Crippen LogP contribution in [0.2, 0.25) is 0 Å². The molecule has 0 aliphatic carbocycles. The number of hydrogen-bond donors (Lipinski definition) is 4. The molecule has 0 saturated carbocycles. The number of aromatic nitrogens is 2. The summed E-state index contributed by atoms with van der Waals surface area (Å²) in [5, 5.41) is 8.32. The number of nitrogens with zero attached hydrogens (tertiary/aromatic N) is 1. The first-order valence-electron chi connectivity index (χ1n) is 4.31. The molecule has 6 N–H and O–H groups in total. The van der Waals surface area contributed by atoms with Crippen LogP contribution in [0.25, 0.3) is 0 Å². The van der Waals surface area contributed by atoms with E-state index in [4.69, 9.17) is 11.5 Å². The third-order valence-electron chi connectivity index (χ3n) is 2.00. The highest BCUT2D eigenvalue weighted by molar-refractivity contribution is 5.99. The molecule has 2 amide bonds. The SMILES string of the molecule is CC(=O)NC(=O)C(N)(CN)c1ccn[nH]1. The average molecular weight is 211 g/mol. The molecule has 0 aromatic carbocycles. The third kappa shape index (κ3) is 2.20. The van der Waals surface area contributed by atoms with Crippen molar-refractivity contribution < 1.29 is 9.59 Å². The summed E-state index contributed by atoms with van der Waals surface area (Å²) in [6, 6.07) is 1.53. The van der Waals surface area contributed by atoms with E-state index in [1.165, 1.54) is 19.2 Å². The molecule has 0 aliphatic heterocycles. The largest absolute Gasteiger partial charge is 0.328 e. The molecule has 1 aromatic rings. The van der Waals surface area contributed by atoms with Gasteiger partial charge in [0.05, 0.1) is 5.69 Å². The Hall–Kier alpha value is -1.73. The van der Waals surface area contributed by atoms with Crippen molar-refractivity contribution in [1.82, 2.24) is 15.5 Å². The van der Waals surface area contributed by atoms with Gasteiger partial charge in [0, 0.05) is 19.7 Å². The number of carbonyl (C=O) groups excluding carboxylic acids is 2. The lowest BCUT2D eigenvalue weighted by molar-refractivity contribution is -0.132. The molecule has 15 heavy (non-hydrogen) atoms. The molecule has 0 saturated heterocycles. The van der Waals surface area contributed by atoms with Crippen LogP contribution in [0.5, 0.6) is 0 Å². The molecule has 1 unspecified atom stereocenters. The van der Waals surface area contributed by atoms with Gasteiger partial charge in [0.1, 0.15) is 0 Å².